The highest BCUT2D eigenvalue weighted by molar-refractivity contribution is 7.59. The fourth-order valence-electron chi connectivity index (χ4n) is 4.33. The van der Waals surface area contributed by atoms with Gasteiger partial charge in [0, 0.05) is 43.5 Å². The molecule has 13 heteroatoms. The van der Waals surface area contributed by atoms with E-state index in [1.54, 1.807) is 0 Å². The number of anilines is 1. The van der Waals surface area contributed by atoms with Crippen LogP contribution in [0.3, 0.4) is 0 Å². The van der Waals surface area contributed by atoms with E-state index in [-0.39, 0.29) is 37.3 Å². The minimum Gasteiger partial charge on any atom is -0.335 e. The lowest BCUT2D eigenvalue weighted by Gasteiger charge is -2.45. The van der Waals surface area contributed by atoms with Crippen molar-refractivity contribution in [3.05, 3.63) is 40.9 Å². The van der Waals surface area contributed by atoms with E-state index in [1.165, 1.54) is 23.2 Å². The summed E-state index contributed by atoms with van der Waals surface area (Å²) in [6.07, 6.45) is 0.0280. The van der Waals surface area contributed by atoms with Gasteiger partial charge in [-0.2, -0.15) is 28.9 Å². The molecule has 1 aliphatic heterocycles. The van der Waals surface area contributed by atoms with Crippen LogP contribution in [0.1, 0.15) is 31.4 Å². The molecule has 1 aliphatic carbocycles. The Morgan fingerprint density at radius 3 is 2.61 bits per heavy atom. The zero-order valence-corrected chi connectivity index (χ0v) is 19.0. The largest absolute Gasteiger partial charge is 0.335 e. The number of carbonyl (C=O) groups is 3. The number of amides is 2. The number of hydrogen-bond donors (Lipinski definition) is 2. The number of hydrogen-bond acceptors (Lipinski definition) is 5. The lowest BCUT2D eigenvalue weighted by molar-refractivity contribution is -0.153. The van der Waals surface area contributed by atoms with Crippen molar-refractivity contribution >= 4 is 48.4 Å². The molecule has 2 heterocycles. The van der Waals surface area contributed by atoms with Crippen molar-refractivity contribution in [2.45, 2.75) is 37.0 Å². The summed E-state index contributed by atoms with van der Waals surface area (Å²) in [6.45, 7) is 0.193. The first-order valence-electron chi connectivity index (χ1n) is 9.91. The molecule has 2 fully saturated rings. The second-order valence-corrected chi connectivity index (χ2v) is 8.71. The molecule has 2 N–H and O–H groups in total. The summed E-state index contributed by atoms with van der Waals surface area (Å²) >= 11 is 5.71. The quantitative estimate of drug-likeness (QED) is 0.589. The summed E-state index contributed by atoms with van der Waals surface area (Å²) in [7, 11) is 0. The number of likely N-dealkylation sites (tertiary alicyclic amines) is 1. The Bertz CT molecular complexity index is 1060. The maximum absolute atomic E-state index is 13.6. The van der Waals surface area contributed by atoms with Gasteiger partial charge in [0.15, 0.2) is 0 Å². The Labute approximate surface area is 198 Å². The van der Waals surface area contributed by atoms with Crippen LogP contribution in [0, 0.1) is 11.7 Å². The molecule has 33 heavy (non-hydrogen) atoms. The van der Waals surface area contributed by atoms with Crippen molar-refractivity contribution in [1.82, 2.24) is 20.3 Å². The summed E-state index contributed by atoms with van der Waals surface area (Å²) in [4.78, 5) is 39.0. The van der Waals surface area contributed by atoms with Crippen LogP contribution in [-0.2, 0) is 19.8 Å². The number of nitrogens with zero attached hydrogens (tertiary/aromatic N) is 3. The highest BCUT2D eigenvalue weighted by Crippen LogP contribution is 2.54. The highest BCUT2D eigenvalue weighted by atomic mass is 35.5. The molecule has 1 saturated carbocycles. The van der Waals surface area contributed by atoms with Crippen LogP contribution >= 0.6 is 25.1 Å². The molecule has 2 amide bonds. The predicted octanol–water partition coefficient (Wildman–Crippen LogP) is 2.82. The van der Waals surface area contributed by atoms with Crippen LogP contribution in [-0.4, -0.2) is 56.9 Å². The van der Waals surface area contributed by atoms with E-state index >= 15 is 0 Å². The van der Waals surface area contributed by atoms with Gasteiger partial charge in [0.25, 0.3) is 5.91 Å². The molecule has 178 valence electrons. The van der Waals surface area contributed by atoms with Gasteiger partial charge in [0.2, 0.25) is 17.6 Å². The summed E-state index contributed by atoms with van der Waals surface area (Å²) in [5, 5.41) is 12.3. The number of ketones is 1. The van der Waals surface area contributed by atoms with Crippen molar-refractivity contribution in [1.29, 1.82) is 0 Å². The number of carbonyl (C=O) groups excluding carboxylic acids is 3. The number of halogens is 4. The van der Waals surface area contributed by atoms with Crippen molar-refractivity contribution in [2.75, 3.05) is 18.4 Å². The van der Waals surface area contributed by atoms with Gasteiger partial charge in [0.05, 0.1) is 22.8 Å². The maximum Gasteiger partial charge on any atom is 0.289 e. The van der Waals surface area contributed by atoms with E-state index in [9.17, 15) is 27.6 Å². The minimum absolute atomic E-state index is 0. The Hall–Kier alpha value is -2.60. The molecule has 2 aromatic rings. The number of nitrogens with one attached hydrogen (secondary N) is 2. The van der Waals surface area contributed by atoms with Crippen LogP contribution in [0.4, 0.5) is 18.9 Å². The molecule has 2 aliphatic rings. The fourth-order valence-corrected chi connectivity index (χ4v) is 4.51. The van der Waals surface area contributed by atoms with Crippen molar-refractivity contribution in [2.24, 2.45) is 5.92 Å². The lowest BCUT2D eigenvalue weighted by atomic mass is 9.61. The first kappa shape index (κ1) is 25.0. The molecule has 1 atom stereocenters. The Morgan fingerprint density at radius 1 is 1.27 bits per heavy atom. The van der Waals surface area contributed by atoms with Crippen LogP contribution in [0.25, 0.3) is 0 Å². The van der Waals surface area contributed by atoms with Gasteiger partial charge in [-0.1, -0.05) is 11.6 Å². The fraction of sp³-hybridized carbons (Fsp3) is 0.450. The molecule has 0 spiro atoms. The molecule has 0 bridgehead atoms. The highest BCUT2D eigenvalue weighted by Gasteiger charge is 2.59. The molecule has 1 aromatic carbocycles. The average molecular weight is 504 g/mol. The van der Waals surface area contributed by atoms with E-state index in [0.717, 1.165) is 6.07 Å². The van der Waals surface area contributed by atoms with Gasteiger partial charge in [-0.05, 0) is 24.6 Å². The monoisotopic (exact) mass is 503 g/mol. The van der Waals surface area contributed by atoms with Gasteiger partial charge < -0.3 is 10.2 Å². The van der Waals surface area contributed by atoms with Crippen molar-refractivity contribution in [3.8, 4) is 0 Å². The molecule has 1 aromatic heterocycles. The second-order valence-electron chi connectivity index (χ2n) is 8.30. The van der Waals surface area contributed by atoms with Gasteiger partial charge >= 0.3 is 0 Å². The maximum atomic E-state index is 13.6. The van der Waals surface area contributed by atoms with E-state index in [0.29, 0.717) is 12.1 Å². The van der Waals surface area contributed by atoms with Crippen LogP contribution < -0.4 is 5.32 Å². The standard InChI is InChI=1S/C20H19ClF3N5O3.H2S/c21-13-5-12(1-2-14(13)22)26-17(31)11-3-4-29(8-11)18(32)15(30)6-19(9-20(23,24)10-19)16-7-25-28-27-16;/h1-2,5,7,11H,3-4,6,8-10H2,(H,26,31)(H,25,27,28);1H2/t11-;/m0./s1. The van der Waals surface area contributed by atoms with Crippen LogP contribution in [0.2, 0.25) is 5.02 Å². The normalized spacial score (nSPS) is 20.5. The average Bonchev–Trinajstić information content (AvgIpc) is 3.41. The molecule has 1 saturated heterocycles. The zero-order chi connectivity index (χ0) is 23.1. The third kappa shape index (κ3) is 5.16. The van der Waals surface area contributed by atoms with Crippen molar-refractivity contribution < 1.29 is 27.6 Å². The number of Topliss-reactive ketones (excluding diaryl/α,β-unsaturated/α-hetero) is 1. The lowest BCUT2D eigenvalue weighted by Crippen LogP contribution is -2.52. The molecular weight excluding hydrogens is 483 g/mol. The third-order valence-electron chi connectivity index (χ3n) is 5.92. The molecule has 0 unspecified atom stereocenters. The SMILES string of the molecule is O=C(CC1(c2cn[nH]n2)CC(F)(F)C1)C(=O)N1CC[C@H](C(=O)Nc2ccc(F)c(Cl)c2)C1.S. The van der Waals surface area contributed by atoms with E-state index < -0.39 is 59.9 Å². The zero-order valence-electron chi connectivity index (χ0n) is 17.2. The summed E-state index contributed by atoms with van der Waals surface area (Å²) in [6, 6.07) is 3.75. The van der Waals surface area contributed by atoms with Gasteiger partial charge in [-0.3, -0.25) is 14.4 Å². The summed E-state index contributed by atoms with van der Waals surface area (Å²) in [5.74, 6) is -6.14. The molecule has 4 rings (SSSR count). The number of alkyl halides is 2. The Kier molecular flexibility index (Phi) is 7.08. The second kappa shape index (κ2) is 9.34. The number of benzene rings is 1. The number of H-pyrrole nitrogens is 1. The summed E-state index contributed by atoms with van der Waals surface area (Å²) in [5.41, 5.74) is -0.703. The van der Waals surface area contributed by atoms with E-state index in [4.69, 9.17) is 11.6 Å². The number of aromatic amines is 1. The van der Waals surface area contributed by atoms with Crippen molar-refractivity contribution in [3.63, 3.8) is 0 Å². The Morgan fingerprint density at radius 2 is 2.00 bits per heavy atom. The van der Waals surface area contributed by atoms with Gasteiger partial charge in [0.1, 0.15) is 5.82 Å². The van der Waals surface area contributed by atoms with Gasteiger partial charge in [-0.25, -0.2) is 13.2 Å². The third-order valence-corrected chi connectivity index (χ3v) is 6.21. The number of rotatable bonds is 6. The van der Waals surface area contributed by atoms with Gasteiger partial charge in [-0.15, -0.1) is 0 Å². The topological polar surface area (TPSA) is 108 Å². The van der Waals surface area contributed by atoms with E-state index in [2.05, 4.69) is 20.7 Å². The molecular formula is C20H21ClF3N5O3S. The smallest absolute Gasteiger partial charge is 0.289 e. The van der Waals surface area contributed by atoms with Crippen LogP contribution in [0.5, 0.6) is 0 Å². The number of aromatic nitrogens is 3. The van der Waals surface area contributed by atoms with Crippen LogP contribution in [0.15, 0.2) is 24.4 Å². The Balaban J connectivity index is 0.00000306. The molecule has 8 nitrogen and oxygen atoms in total. The predicted molar refractivity (Wildman–Crippen MR) is 117 cm³/mol. The molecule has 0 radical (unpaired) electrons. The minimum atomic E-state index is -2.93. The first-order chi connectivity index (χ1) is 15.1. The van der Waals surface area contributed by atoms with E-state index in [1.807, 2.05) is 0 Å². The summed E-state index contributed by atoms with van der Waals surface area (Å²) < 4.78 is 40.5. The first-order valence-corrected chi connectivity index (χ1v) is 10.3.